The van der Waals surface area contributed by atoms with Crippen molar-refractivity contribution in [3.63, 3.8) is 0 Å². The fourth-order valence-corrected chi connectivity index (χ4v) is 4.50. The molecule has 3 nitrogen and oxygen atoms in total. The standard InChI is InChI=1S/C22H29NO2/c1-5-6-7-8-15-12-19-20(21(24)17(15)13-23)16-11-14(2)9-10-18(16)22(3,4)25-19/h11-12,16,18,24H,5-10H2,1-4H3/t16-,18-/m1/s1. The van der Waals surface area contributed by atoms with Gasteiger partial charge in [0, 0.05) is 17.4 Å². The van der Waals surface area contributed by atoms with Gasteiger partial charge < -0.3 is 9.84 Å². The van der Waals surface area contributed by atoms with Crippen LogP contribution in [0.15, 0.2) is 17.7 Å². The number of hydrogen-bond acceptors (Lipinski definition) is 3. The Labute approximate surface area is 151 Å². The summed E-state index contributed by atoms with van der Waals surface area (Å²) in [5, 5.41) is 20.6. The van der Waals surface area contributed by atoms with Gasteiger partial charge in [-0.1, -0.05) is 31.4 Å². The third-order valence-corrected chi connectivity index (χ3v) is 5.89. The first-order valence-corrected chi connectivity index (χ1v) is 9.54. The van der Waals surface area contributed by atoms with Crippen molar-refractivity contribution in [2.24, 2.45) is 5.92 Å². The molecule has 0 fully saturated rings. The summed E-state index contributed by atoms with van der Waals surface area (Å²) in [5.74, 6) is 1.36. The summed E-state index contributed by atoms with van der Waals surface area (Å²) in [6, 6.07) is 4.26. The molecule has 25 heavy (non-hydrogen) atoms. The third kappa shape index (κ3) is 3.15. The molecule has 3 rings (SSSR count). The van der Waals surface area contributed by atoms with Gasteiger partial charge in [-0.25, -0.2) is 0 Å². The highest BCUT2D eigenvalue weighted by molar-refractivity contribution is 5.62. The Morgan fingerprint density at radius 3 is 2.80 bits per heavy atom. The molecule has 0 bridgehead atoms. The molecule has 0 amide bonds. The van der Waals surface area contributed by atoms with Crippen molar-refractivity contribution in [1.29, 1.82) is 5.26 Å². The van der Waals surface area contributed by atoms with Crippen LogP contribution in [0, 0.1) is 17.2 Å². The molecule has 2 aliphatic rings. The van der Waals surface area contributed by atoms with Crippen LogP contribution in [0.4, 0.5) is 0 Å². The maximum absolute atomic E-state index is 10.9. The monoisotopic (exact) mass is 339 g/mol. The highest BCUT2D eigenvalue weighted by Crippen LogP contribution is 2.54. The Morgan fingerprint density at radius 1 is 1.36 bits per heavy atom. The number of fused-ring (bicyclic) bond motifs is 3. The minimum Gasteiger partial charge on any atom is -0.506 e. The number of unbranched alkanes of at least 4 members (excludes halogenated alkanes) is 2. The number of phenolic OH excluding ortho intramolecular Hbond substituents is 1. The largest absolute Gasteiger partial charge is 0.506 e. The zero-order chi connectivity index (χ0) is 18.2. The van der Waals surface area contributed by atoms with E-state index in [2.05, 4.69) is 39.8 Å². The Bertz CT molecular complexity index is 739. The van der Waals surface area contributed by atoms with E-state index >= 15 is 0 Å². The van der Waals surface area contributed by atoms with Crippen LogP contribution >= 0.6 is 0 Å². The Hall–Kier alpha value is -1.95. The number of allylic oxidation sites excluding steroid dienone is 2. The average molecular weight is 339 g/mol. The minimum atomic E-state index is -0.268. The predicted octanol–water partition coefficient (Wildman–Crippen LogP) is 5.61. The lowest BCUT2D eigenvalue weighted by Gasteiger charge is -2.46. The van der Waals surface area contributed by atoms with Gasteiger partial charge in [-0.2, -0.15) is 5.26 Å². The van der Waals surface area contributed by atoms with Crippen molar-refractivity contribution in [1.82, 2.24) is 0 Å². The van der Waals surface area contributed by atoms with Crippen LogP contribution in [-0.4, -0.2) is 10.7 Å². The van der Waals surface area contributed by atoms with Crippen LogP contribution in [-0.2, 0) is 6.42 Å². The molecule has 1 aromatic carbocycles. The van der Waals surface area contributed by atoms with Gasteiger partial charge in [-0.3, -0.25) is 0 Å². The molecule has 1 aromatic rings. The summed E-state index contributed by atoms with van der Waals surface area (Å²) < 4.78 is 6.35. The maximum Gasteiger partial charge on any atom is 0.141 e. The first kappa shape index (κ1) is 17.9. The SMILES string of the molecule is CCCCCc1cc2c(c(O)c1C#N)[C@@H]1C=C(C)CC[C@H]1C(C)(C)O2. The summed E-state index contributed by atoms with van der Waals surface area (Å²) in [6.07, 6.45) is 8.50. The van der Waals surface area contributed by atoms with Crippen LogP contribution in [0.25, 0.3) is 0 Å². The van der Waals surface area contributed by atoms with Crippen LogP contribution in [0.3, 0.4) is 0 Å². The number of ether oxygens (including phenoxy) is 1. The zero-order valence-corrected chi connectivity index (χ0v) is 15.9. The van der Waals surface area contributed by atoms with Gasteiger partial charge >= 0.3 is 0 Å². The first-order valence-electron chi connectivity index (χ1n) is 9.54. The predicted molar refractivity (Wildman–Crippen MR) is 100.0 cm³/mol. The molecule has 0 aromatic heterocycles. The van der Waals surface area contributed by atoms with Crippen molar-refractivity contribution in [2.75, 3.05) is 0 Å². The summed E-state index contributed by atoms with van der Waals surface area (Å²) in [5.41, 5.74) is 3.26. The average Bonchev–Trinajstić information content (AvgIpc) is 2.54. The van der Waals surface area contributed by atoms with Crippen molar-refractivity contribution < 1.29 is 9.84 Å². The van der Waals surface area contributed by atoms with E-state index in [0.29, 0.717) is 11.5 Å². The Morgan fingerprint density at radius 2 is 2.12 bits per heavy atom. The van der Waals surface area contributed by atoms with Gasteiger partial charge in [0.1, 0.15) is 23.2 Å². The van der Waals surface area contributed by atoms with E-state index in [0.717, 1.165) is 55.4 Å². The highest BCUT2D eigenvalue weighted by atomic mass is 16.5. The first-order chi connectivity index (χ1) is 11.9. The smallest absolute Gasteiger partial charge is 0.141 e. The maximum atomic E-state index is 10.9. The highest BCUT2D eigenvalue weighted by Gasteiger charge is 2.45. The second-order valence-corrected chi connectivity index (χ2v) is 8.13. The number of benzene rings is 1. The minimum absolute atomic E-state index is 0.129. The molecule has 134 valence electrons. The molecular weight excluding hydrogens is 310 g/mol. The van der Waals surface area contributed by atoms with Crippen molar-refractivity contribution >= 4 is 0 Å². The van der Waals surface area contributed by atoms with Crippen LogP contribution in [0.1, 0.15) is 82.4 Å². The summed E-state index contributed by atoms with van der Waals surface area (Å²) in [4.78, 5) is 0. The molecule has 0 spiro atoms. The lowest BCUT2D eigenvalue weighted by atomic mass is 9.67. The summed E-state index contributed by atoms with van der Waals surface area (Å²) in [6.45, 7) is 8.61. The third-order valence-electron chi connectivity index (χ3n) is 5.89. The molecule has 1 heterocycles. The molecule has 0 saturated heterocycles. The number of aromatic hydroxyl groups is 1. The Balaban J connectivity index is 2.12. The molecular formula is C22H29NO2. The second-order valence-electron chi connectivity index (χ2n) is 8.13. The lowest BCUT2D eigenvalue weighted by Crippen LogP contribution is -2.45. The van der Waals surface area contributed by atoms with E-state index < -0.39 is 0 Å². The number of phenols is 1. The number of nitrogens with zero attached hydrogens (tertiary/aromatic N) is 1. The van der Waals surface area contributed by atoms with Crippen LogP contribution in [0.2, 0.25) is 0 Å². The molecule has 3 heteroatoms. The van der Waals surface area contributed by atoms with Gasteiger partial charge in [0.15, 0.2) is 0 Å². The van der Waals surface area contributed by atoms with Gasteiger partial charge in [-0.05, 0) is 58.1 Å². The van der Waals surface area contributed by atoms with Gasteiger partial charge in [0.25, 0.3) is 0 Å². The molecule has 2 atom stereocenters. The van der Waals surface area contributed by atoms with Crippen molar-refractivity contribution in [3.8, 4) is 17.6 Å². The summed E-state index contributed by atoms with van der Waals surface area (Å²) >= 11 is 0. The molecule has 0 radical (unpaired) electrons. The topological polar surface area (TPSA) is 53.2 Å². The van der Waals surface area contributed by atoms with E-state index in [9.17, 15) is 10.4 Å². The number of nitriles is 1. The fourth-order valence-electron chi connectivity index (χ4n) is 4.50. The number of aryl methyl sites for hydroxylation is 1. The molecule has 1 aliphatic heterocycles. The quantitative estimate of drug-likeness (QED) is 0.573. The molecule has 1 N–H and O–H groups in total. The molecule has 0 saturated carbocycles. The number of rotatable bonds is 4. The van der Waals surface area contributed by atoms with E-state index in [1.54, 1.807) is 0 Å². The molecule has 1 aliphatic carbocycles. The van der Waals surface area contributed by atoms with E-state index in [4.69, 9.17) is 4.74 Å². The zero-order valence-electron chi connectivity index (χ0n) is 15.9. The fraction of sp³-hybridized carbons (Fsp3) is 0.591. The van der Waals surface area contributed by atoms with Gasteiger partial charge in [0.05, 0.1) is 5.56 Å². The van der Waals surface area contributed by atoms with Crippen molar-refractivity contribution in [2.45, 2.75) is 77.7 Å². The van der Waals surface area contributed by atoms with Crippen LogP contribution < -0.4 is 4.74 Å². The molecule has 0 unspecified atom stereocenters. The number of hydrogen-bond donors (Lipinski definition) is 1. The van der Waals surface area contributed by atoms with Crippen molar-refractivity contribution in [3.05, 3.63) is 34.4 Å². The van der Waals surface area contributed by atoms with E-state index in [-0.39, 0.29) is 17.3 Å². The van der Waals surface area contributed by atoms with Crippen LogP contribution in [0.5, 0.6) is 11.5 Å². The second kappa shape index (κ2) is 6.75. The van der Waals surface area contributed by atoms with Gasteiger partial charge in [-0.15, -0.1) is 0 Å². The normalized spacial score (nSPS) is 23.7. The van der Waals surface area contributed by atoms with E-state index in [1.165, 1.54) is 5.57 Å². The summed E-state index contributed by atoms with van der Waals surface area (Å²) in [7, 11) is 0. The van der Waals surface area contributed by atoms with Gasteiger partial charge in [0.2, 0.25) is 0 Å². The lowest BCUT2D eigenvalue weighted by molar-refractivity contribution is 0.0107. The Kier molecular flexibility index (Phi) is 4.82. The van der Waals surface area contributed by atoms with E-state index in [1.807, 2.05) is 6.07 Å².